The second-order valence-electron chi connectivity index (χ2n) is 28.8. The van der Waals surface area contributed by atoms with E-state index in [0.717, 1.165) is 57.8 Å². The Hall–Kier alpha value is -2.55. The SMILES string of the molecule is CCCCCCC/C=C\C/C=C\C/C=C\CCCCCCCCCCCCCCCCCCCCCCCCC(=O)OC(COC(=O)CCCCCCCCCCCCCCCCCCCC/C=C\C/C=C\C/C=C\CCCCCCC)COP(=O)([O-])OCC[N+](C)(C)C. The predicted octanol–water partition coefficient (Wildman–Crippen LogP) is 26.4. The molecule has 0 rings (SSSR count). The van der Waals surface area contributed by atoms with E-state index in [1.54, 1.807) is 0 Å². The maximum absolute atomic E-state index is 12.9. The van der Waals surface area contributed by atoms with Gasteiger partial charge in [0.25, 0.3) is 7.82 Å². The number of phosphoric ester groups is 1. The number of esters is 2. The van der Waals surface area contributed by atoms with Gasteiger partial charge in [-0.1, -0.05) is 369 Å². The molecule has 10 heteroatoms. The van der Waals surface area contributed by atoms with Crippen LogP contribution in [0.15, 0.2) is 72.9 Å². The van der Waals surface area contributed by atoms with Crippen molar-refractivity contribution in [2.45, 2.75) is 405 Å². The van der Waals surface area contributed by atoms with E-state index in [1.807, 2.05) is 21.1 Å². The molecule has 2 atom stereocenters. The summed E-state index contributed by atoms with van der Waals surface area (Å²) >= 11 is 0. The van der Waals surface area contributed by atoms with E-state index >= 15 is 0 Å². The van der Waals surface area contributed by atoms with E-state index in [1.165, 1.54) is 308 Å². The zero-order valence-electron chi connectivity index (χ0n) is 62.9. The molecule has 0 N–H and O–H groups in total. The minimum atomic E-state index is -4.65. The van der Waals surface area contributed by atoms with Gasteiger partial charge in [-0.2, -0.15) is 0 Å². The summed E-state index contributed by atoms with van der Waals surface area (Å²) in [7, 11) is 1.18. The van der Waals surface area contributed by atoms with Crippen LogP contribution in [0.4, 0.5) is 0 Å². The molecule has 0 spiro atoms. The average molecular weight is 1340 g/mol. The number of hydrogen-bond acceptors (Lipinski definition) is 8. The van der Waals surface area contributed by atoms with E-state index in [9.17, 15) is 19.0 Å². The van der Waals surface area contributed by atoms with Crippen molar-refractivity contribution in [2.75, 3.05) is 47.5 Å². The Bertz CT molecular complexity index is 1820. The summed E-state index contributed by atoms with van der Waals surface area (Å²) in [6.45, 7) is 4.28. The fourth-order valence-corrected chi connectivity index (χ4v) is 12.7. The van der Waals surface area contributed by atoms with Crippen LogP contribution >= 0.6 is 7.82 Å². The summed E-state index contributed by atoms with van der Waals surface area (Å²) in [6, 6.07) is 0. The van der Waals surface area contributed by atoms with Gasteiger partial charge in [-0.15, -0.1) is 0 Å². The largest absolute Gasteiger partial charge is 0.756 e. The van der Waals surface area contributed by atoms with Crippen LogP contribution in [-0.2, 0) is 32.7 Å². The third-order valence-electron chi connectivity index (χ3n) is 18.2. The Kier molecular flexibility index (Phi) is 72.6. The van der Waals surface area contributed by atoms with Crippen molar-refractivity contribution < 1.29 is 42.1 Å². The van der Waals surface area contributed by atoms with Gasteiger partial charge in [-0.25, -0.2) is 0 Å². The Balaban J connectivity index is 3.93. The molecule has 9 nitrogen and oxygen atoms in total. The number of carbonyl (C=O) groups excluding carboxylic acids is 2. The zero-order chi connectivity index (χ0) is 68.3. The minimum absolute atomic E-state index is 0.0296. The molecule has 2 unspecified atom stereocenters. The monoisotopic (exact) mass is 1340 g/mol. The Morgan fingerprint density at radius 1 is 0.330 bits per heavy atom. The Morgan fingerprint density at radius 2 is 0.574 bits per heavy atom. The first-order chi connectivity index (χ1) is 46.0. The van der Waals surface area contributed by atoms with Gasteiger partial charge < -0.3 is 27.9 Å². The van der Waals surface area contributed by atoms with Gasteiger partial charge >= 0.3 is 11.9 Å². The number of unbranched alkanes of at least 4 members (excludes halogenated alkanes) is 50. The van der Waals surface area contributed by atoms with E-state index < -0.39 is 26.5 Å². The zero-order valence-corrected chi connectivity index (χ0v) is 63.8. The molecule has 0 aromatic carbocycles. The third-order valence-corrected chi connectivity index (χ3v) is 19.2. The first kappa shape index (κ1) is 91.4. The minimum Gasteiger partial charge on any atom is -0.756 e. The highest BCUT2D eigenvalue weighted by Crippen LogP contribution is 2.38. The van der Waals surface area contributed by atoms with Crippen LogP contribution in [0, 0.1) is 0 Å². The number of carbonyl (C=O) groups is 2. The molecule has 0 aliphatic rings. The van der Waals surface area contributed by atoms with E-state index in [2.05, 4.69) is 86.8 Å². The highest BCUT2D eigenvalue weighted by Gasteiger charge is 2.22. The summed E-state index contributed by atoms with van der Waals surface area (Å²) < 4.78 is 34.4. The molecule has 0 aliphatic heterocycles. The lowest BCUT2D eigenvalue weighted by atomic mass is 10.0. The molecule has 0 radical (unpaired) electrons. The van der Waals surface area contributed by atoms with Gasteiger partial charge in [-0.3, -0.25) is 14.2 Å². The molecule has 0 saturated heterocycles. The maximum atomic E-state index is 12.9. The first-order valence-electron chi connectivity index (χ1n) is 40.6. The lowest BCUT2D eigenvalue weighted by Crippen LogP contribution is -2.37. The summed E-state index contributed by atoms with van der Waals surface area (Å²) in [5, 5.41) is 0. The fourth-order valence-electron chi connectivity index (χ4n) is 12.0. The molecule has 0 amide bonds. The van der Waals surface area contributed by atoms with Crippen LogP contribution in [0.5, 0.6) is 0 Å². The van der Waals surface area contributed by atoms with Gasteiger partial charge in [0.1, 0.15) is 19.8 Å². The van der Waals surface area contributed by atoms with Crippen molar-refractivity contribution in [1.29, 1.82) is 0 Å². The van der Waals surface area contributed by atoms with Gasteiger partial charge in [0.2, 0.25) is 0 Å². The van der Waals surface area contributed by atoms with Gasteiger partial charge in [-0.05, 0) is 89.9 Å². The lowest BCUT2D eigenvalue weighted by molar-refractivity contribution is -0.870. The molecule has 550 valence electrons. The number of rotatable bonds is 76. The summed E-state index contributed by atoms with van der Waals surface area (Å²) in [5.74, 6) is -0.813. The number of quaternary nitrogens is 1. The van der Waals surface area contributed by atoms with Gasteiger partial charge in [0, 0.05) is 12.8 Å². The summed E-state index contributed by atoms with van der Waals surface area (Å²) in [6.07, 6.45) is 102. The number of ether oxygens (including phenoxy) is 2. The molecule has 0 aromatic rings. The van der Waals surface area contributed by atoms with Crippen molar-refractivity contribution in [3.63, 3.8) is 0 Å². The third kappa shape index (κ3) is 78.4. The number of likely N-dealkylation sites (N-methyl/N-ethyl adjacent to an activating group) is 1. The normalized spacial score (nSPS) is 13.4. The van der Waals surface area contributed by atoms with Crippen molar-refractivity contribution in [3.8, 4) is 0 Å². The molecule has 0 bridgehead atoms. The van der Waals surface area contributed by atoms with Gasteiger partial charge in [0.05, 0.1) is 27.7 Å². The molecule has 0 heterocycles. The fraction of sp³-hybridized carbons (Fsp3) is 0.833. The highest BCUT2D eigenvalue weighted by atomic mass is 31.2. The van der Waals surface area contributed by atoms with E-state index in [4.69, 9.17) is 18.5 Å². The number of nitrogens with zero attached hydrogens (tertiary/aromatic N) is 1. The van der Waals surface area contributed by atoms with Crippen molar-refractivity contribution in [2.24, 2.45) is 0 Å². The van der Waals surface area contributed by atoms with Crippen LogP contribution in [-0.4, -0.2) is 70.0 Å². The van der Waals surface area contributed by atoms with Crippen molar-refractivity contribution >= 4 is 19.8 Å². The summed E-state index contributed by atoms with van der Waals surface area (Å²) in [4.78, 5) is 38.2. The van der Waals surface area contributed by atoms with Crippen LogP contribution in [0.3, 0.4) is 0 Å². The maximum Gasteiger partial charge on any atom is 0.306 e. The lowest BCUT2D eigenvalue weighted by Gasteiger charge is -2.28. The topological polar surface area (TPSA) is 111 Å². The van der Waals surface area contributed by atoms with Crippen LogP contribution < -0.4 is 4.89 Å². The van der Waals surface area contributed by atoms with Crippen molar-refractivity contribution in [1.82, 2.24) is 0 Å². The quantitative estimate of drug-likeness (QED) is 0.0195. The van der Waals surface area contributed by atoms with Crippen LogP contribution in [0.1, 0.15) is 399 Å². The standard InChI is InChI=1S/C84H156NO8P/c1-6-8-10-12-14-16-18-20-22-24-26-28-30-32-34-36-38-40-41-42-43-45-47-49-51-53-55-57-59-61-63-65-67-69-71-73-75-77-84(87)93-82(81-92-94(88,89)91-79-78-85(3,4)5)80-90-83(86)76-74-72-70-68-66-64-62-60-58-56-54-52-50-48-46-44-39-37-35-33-31-29-27-25-23-21-19-17-15-13-11-9-7-2/h18-21,24-27,30-33,82H,6-17,22-23,28-29,34-81H2,1-5H3/b20-18-,21-19-,26-24-,27-25-,32-30-,33-31-. The smallest absolute Gasteiger partial charge is 0.306 e. The molecule has 94 heavy (non-hydrogen) atoms. The molecule has 0 fully saturated rings. The molecule has 0 saturated carbocycles. The second kappa shape index (κ2) is 74.7. The number of allylic oxidation sites excluding steroid dienone is 12. The van der Waals surface area contributed by atoms with E-state index in [-0.39, 0.29) is 32.0 Å². The Labute approximate surface area is 584 Å². The molecular weight excluding hydrogens is 1180 g/mol. The van der Waals surface area contributed by atoms with E-state index in [0.29, 0.717) is 17.4 Å². The van der Waals surface area contributed by atoms with Crippen LogP contribution in [0.25, 0.3) is 0 Å². The predicted molar refractivity (Wildman–Crippen MR) is 406 cm³/mol. The van der Waals surface area contributed by atoms with Gasteiger partial charge in [0.15, 0.2) is 6.10 Å². The Morgan fingerprint density at radius 3 is 0.851 bits per heavy atom. The first-order valence-corrected chi connectivity index (χ1v) is 42.1. The number of hydrogen-bond donors (Lipinski definition) is 0. The summed E-state index contributed by atoms with van der Waals surface area (Å²) in [5.41, 5.74) is 0. The molecular formula is C84H156NO8P. The average Bonchev–Trinajstić information content (AvgIpc) is 1.56. The second-order valence-corrected chi connectivity index (χ2v) is 30.2. The molecule has 0 aliphatic carbocycles. The van der Waals surface area contributed by atoms with Crippen LogP contribution in [0.2, 0.25) is 0 Å². The number of phosphoric acid groups is 1. The van der Waals surface area contributed by atoms with Crippen molar-refractivity contribution in [3.05, 3.63) is 72.9 Å². The molecule has 0 aromatic heterocycles. The highest BCUT2D eigenvalue weighted by molar-refractivity contribution is 7.45.